The van der Waals surface area contributed by atoms with Crippen molar-refractivity contribution in [3.05, 3.63) is 59.0 Å². The average Bonchev–Trinajstić information content (AvgIpc) is 3.10. The molecule has 1 saturated carbocycles. The van der Waals surface area contributed by atoms with Gasteiger partial charge >= 0.3 is 6.03 Å². The van der Waals surface area contributed by atoms with Crippen LogP contribution in [0.2, 0.25) is 5.02 Å². The molecular formula is C16H17ClN2O2. The number of furan rings is 1. The van der Waals surface area contributed by atoms with E-state index in [1.807, 2.05) is 30.3 Å². The second-order valence-electron chi connectivity index (χ2n) is 5.40. The van der Waals surface area contributed by atoms with Crippen molar-refractivity contribution in [2.24, 2.45) is 0 Å². The number of hydrogen-bond acceptors (Lipinski definition) is 2. The fourth-order valence-electron chi connectivity index (χ4n) is 2.41. The van der Waals surface area contributed by atoms with Crippen LogP contribution in [-0.2, 0) is 12.0 Å². The van der Waals surface area contributed by atoms with Gasteiger partial charge in [0.1, 0.15) is 5.76 Å². The number of hydrogen-bond donors (Lipinski definition) is 2. The first kappa shape index (κ1) is 14.0. The van der Waals surface area contributed by atoms with Crippen molar-refractivity contribution >= 4 is 17.6 Å². The Hall–Kier alpha value is -1.94. The Kier molecular flexibility index (Phi) is 3.88. The molecule has 1 aliphatic carbocycles. The molecule has 0 aliphatic heterocycles. The van der Waals surface area contributed by atoms with Crippen LogP contribution in [-0.4, -0.2) is 12.6 Å². The Balaban J connectivity index is 1.50. The molecule has 0 bridgehead atoms. The lowest BCUT2D eigenvalue weighted by molar-refractivity contribution is 0.238. The van der Waals surface area contributed by atoms with Gasteiger partial charge in [0.2, 0.25) is 0 Å². The van der Waals surface area contributed by atoms with E-state index in [1.54, 1.807) is 12.3 Å². The molecule has 1 aromatic heterocycles. The van der Waals surface area contributed by atoms with Gasteiger partial charge in [-0.15, -0.1) is 0 Å². The number of amides is 2. The number of rotatable bonds is 5. The molecule has 2 N–H and O–H groups in total. The minimum Gasteiger partial charge on any atom is -0.467 e. The zero-order valence-electron chi connectivity index (χ0n) is 11.6. The van der Waals surface area contributed by atoms with E-state index < -0.39 is 0 Å². The number of benzene rings is 1. The summed E-state index contributed by atoms with van der Waals surface area (Å²) in [6, 6.07) is 11.3. The second kappa shape index (κ2) is 5.82. The molecule has 3 rings (SSSR count). The van der Waals surface area contributed by atoms with Gasteiger partial charge in [-0.2, -0.15) is 0 Å². The molecule has 1 fully saturated rings. The molecular weight excluding hydrogens is 288 g/mol. The Morgan fingerprint density at radius 3 is 2.57 bits per heavy atom. The van der Waals surface area contributed by atoms with E-state index in [1.165, 1.54) is 5.56 Å². The molecule has 5 heteroatoms. The summed E-state index contributed by atoms with van der Waals surface area (Å²) in [7, 11) is 0. The molecule has 0 unspecified atom stereocenters. The lowest BCUT2D eigenvalue weighted by Gasteiger charge is -2.17. The van der Waals surface area contributed by atoms with Gasteiger partial charge in [-0.1, -0.05) is 23.7 Å². The highest BCUT2D eigenvalue weighted by molar-refractivity contribution is 6.30. The van der Waals surface area contributed by atoms with Crippen LogP contribution in [0.1, 0.15) is 24.2 Å². The minimum absolute atomic E-state index is 0.0760. The summed E-state index contributed by atoms with van der Waals surface area (Å²) < 4.78 is 5.17. The van der Waals surface area contributed by atoms with Gasteiger partial charge in [-0.3, -0.25) is 0 Å². The number of nitrogens with one attached hydrogen (secondary N) is 2. The van der Waals surface area contributed by atoms with Gasteiger partial charge in [-0.05, 0) is 42.7 Å². The quantitative estimate of drug-likeness (QED) is 0.888. The monoisotopic (exact) mass is 304 g/mol. The maximum atomic E-state index is 11.8. The number of carbonyl (C=O) groups is 1. The molecule has 110 valence electrons. The third-order valence-corrected chi connectivity index (χ3v) is 4.15. The summed E-state index contributed by atoms with van der Waals surface area (Å²) in [5.41, 5.74) is 1.31. The van der Waals surface area contributed by atoms with Gasteiger partial charge in [0, 0.05) is 17.0 Å². The summed E-state index contributed by atoms with van der Waals surface area (Å²) in [5, 5.41) is 6.45. The van der Waals surface area contributed by atoms with Gasteiger partial charge in [-0.25, -0.2) is 4.79 Å². The maximum absolute atomic E-state index is 11.8. The van der Waals surface area contributed by atoms with Crippen molar-refractivity contribution in [3.63, 3.8) is 0 Å². The number of carbonyl (C=O) groups excluding carboxylic acids is 1. The van der Waals surface area contributed by atoms with Crippen LogP contribution in [0.25, 0.3) is 0 Å². The van der Waals surface area contributed by atoms with Crippen molar-refractivity contribution in [1.29, 1.82) is 0 Å². The second-order valence-corrected chi connectivity index (χ2v) is 5.84. The number of halogens is 1. The average molecular weight is 305 g/mol. The molecule has 1 aliphatic rings. The largest absolute Gasteiger partial charge is 0.467 e. The molecule has 21 heavy (non-hydrogen) atoms. The van der Waals surface area contributed by atoms with Crippen molar-refractivity contribution in [2.75, 3.05) is 6.54 Å². The van der Waals surface area contributed by atoms with Gasteiger partial charge in [0.15, 0.2) is 0 Å². The Bertz CT molecular complexity index is 604. The van der Waals surface area contributed by atoms with E-state index in [0.29, 0.717) is 13.1 Å². The van der Waals surface area contributed by atoms with Crippen molar-refractivity contribution < 1.29 is 9.21 Å². The molecule has 1 aromatic carbocycles. The first-order valence-corrected chi connectivity index (χ1v) is 7.36. The van der Waals surface area contributed by atoms with Crippen molar-refractivity contribution in [1.82, 2.24) is 10.6 Å². The van der Waals surface area contributed by atoms with Crippen LogP contribution in [0.4, 0.5) is 4.79 Å². The van der Waals surface area contributed by atoms with Crippen LogP contribution in [0.5, 0.6) is 0 Å². The summed E-state index contributed by atoms with van der Waals surface area (Å²) in [6.07, 6.45) is 3.77. The van der Waals surface area contributed by atoms with E-state index in [4.69, 9.17) is 16.0 Å². The first-order chi connectivity index (χ1) is 10.2. The van der Waals surface area contributed by atoms with Crippen LogP contribution < -0.4 is 10.6 Å². The smallest absolute Gasteiger partial charge is 0.315 e. The molecule has 2 amide bonds. The zero-order valence-corrected chi connectivity index (χ0v) is 12.3. The van der Waals surface area contributed by atoms with Crippen LogP contribution in [0.15, 0.2) is 47.1 Å². The highest BCUT2D eigenvalue weighted by Crippen LogP contribution is 2.47. The van der Waals surface area contributed by atoms with E-state index in [9.17, 15) is 4.79 Å². The highest BCUT2D eigenvalue weighted by atomic mass is 35.5. The predicted octanol–water partition coefficient (Wildman–Crippen LogP) is 3.46. The fraction of sp³-hybridized carbons (Fsp3) is 0.312. The summed E-state index contributed by atoms with van der Waals surface area (Å²) >= 11 is 5.91. The molecule has 2 aromatic rings. The van der Waals surface area contributed by atoms with E-state index >= 15 is 0 Å². The van der Waals surface area contributed by atoms with Crippen LogP contribution in [0, 0.1) is 0 Å². The van der Waals surface area contributed by atoms with Crippen molar-refractivity contribution in [3.8, 4) is 0 Å². The zero-order chi connectivity index (χ0) is 14.7. The minimum atomic E-state index is -0.174. The summed E-state index contributed by atoms with van der Waals surface area (Å²) in [4.78, 5) is 11.8. The molecule has 0 spiro atoms. The fourth-order valence-corrected chi connectivity index (χ4v) is 2.54. The van der Waals surface area contributed by atoms with Gasteiger partial charge in [0.05, 0.1) is 12.8 Å². The SMILES string of the molecule is O=C(NCc1ccco1)NCC1(c2ccc(Cl)cc2)CC1. The molecule has 4 nitrogen and oxygen atoms in total. The highest BCUT2D eigenvalue weighted by Gasteiger charge is 2.44. The Labute approximate surface area is 128 Å². The normalized spacial score (nSPS) is 15.5. The Morgan fingerprint density at radius 2 is 1.95 bits per heavy atom. The topological polar surface area (TPSA) is 54.3 Å². The van der Waals surface area contributed by atoms with E-state index in [0.717, 1.165) is 23.6 Å². The summed E-state index contributed by atoms with van der Waals surface area (Å²) in [6.45, 7) is 1.03. The van der Waals surface area contributed by atoms with E-state index in [2.05, 4.69) is 10.6 Å². The first-order valence-electron chi connectivity index (χ1n) is 6.98. The third-order valence-electron chi connectivity index (χ3n) is 3.90. The molecule has 0 saturated heterocycles. The summed E-state index contributed by atoms with van der Waals surface area (Å²) in [5.74, 6) is 0.740. The lowest BCUT2D eigenvalue weighted by atomic mass is 9.96. The Morgan fingerprint density at radius 1 is 1.19 bits per heavy atom. The number of urea groups is 1. The standard InChI is InChI=1S/C16H17ClN2O2/c17-13-5-3-12(4-6-13)16(7-8-16)11-19-15(20)18-10-14-2-1-9-21-14/h1-6,9H,7-8,10-11H2,(H2,18,19,20). The van der Waals surface area contributed by atoms with E-state index in [-0.39, 0.29) is 11.4 Å². The third kappa shape index (κ3) is 3.39. The van der Waals surface area contributed by atoms with Gasteiger partial charge < -0.3 is 15.1 Å². The maximum Gasteiger partial charge on any atom is 0.315 e. The lowest BCUT2D eigenvalue weighted by Crippen LogP contribution is -2.39. The molecule has 1 heterocycles. The van der Waals surface area contributed by atoms with Gasteiger partial charge in [0.25, 0.3) is 0 Å². The predicted molar refractivity (Wildman–Crippen MR) is 81.3 cm³/mol. The van der Waals surface area contributed by atoms with Crippen molar-refractivity contribution in [2.45, 2.75) is 24.8 Å². The van der Waals surface area contributed by atoms with Crippen LogP contribution in [0.3, 0.4) is 0 Å². The molecule has 0 radical (unpaired) electrons. The van der Waals surface area contributed by atoms with Crippen LogP contribution >= 0.6 is 11.6 Å². The molecule has 0 atom stereocenters.